The number of anilines is 1. The molecule has 17 heavy (non-hydrogen) atoms. The Hall–Kier alpha value is -1.07. The van der Waals surface area contributed by atoms with Crippen molar-refractivity contribution in [1.29, 1.82) is 0 Å². The van der Waals surface area contributed by atoms with Gasteiger partial charge in [-0.1, -0.05) is 13.8 Å². The zero-order valence-corrected chi connectivity index (χ0v) is 11.1. The first-order valence-electron chi connectivity index (χ1n) is 5.82. The van der Waals surface area contributed by atoms with Gasteiger partial charge in [0.25, 0.3) is 0 Å². The Morgan fingerprint density at radius 3 is 2.29 bits per heavy atom. The van der Waals surface area contributed by atoms with Gasteiger partial charge in [-0.25, -0.2) is 8.42 Å². The second-order valence-electron chi connectivity index (χ2n) is 3.98. The second-order valence-corrected chi connectivity index (χ2v) is 6.26. The first kappa shape index (κ1) is 14.0. The van der Waals surface area contributed by atoms with E-state index in [4.69, 9.17) is 5.73 Å². The molecule has 0 heterocycles. The van der Waals surface area contributed by atoms with Crippen molar-refractivity contribution in [2.75, 3.05) is 17.6 Å². The highest BCUT2D eigenvalue weighted by Crippen LogP contribution is 2.15. The number of hydrogen-bond donors (Lipinski definition) is 2. The quantitative estimate of drug-likeness (QED) is 0.811. The summed E-state index contributed by atoms with van der Waals surface area (Å²) in [4.78, 5) is 0.366. The van der Waals surface area contributed by atoms with Crippen molar-refractivity contribution in [2.45, 2.75) is 31.2 Å². The Balaban J connectivity index is 2.69. The van der Waals surface area contributed by atoms with Gasteiger partial charge in [-0.2, -0.15) is 0 Å². The van der Waals surface area contributed by atoms with Crippen LogP contribution in [0.3, 0.4) is 0 Å². The van der Waals surface area contributed by atoms with Crippen LogP contribution in [0.1, 0.15) is 20.3 Å². The van der Waals surface area contributed by atoms with E-state index in [-0.39, 0.29) is 11.8 Å². The van der Waals surface area contributed by atoms with E-state index in [1.807, 2.05) is 6.92 Å². The number of benzene rings is 1. The largest absolute Gasteiger partial charge is 0.383 e. The summed E-state index contributed by atoms with van der Waals surface area (Å²) in [7, 11) is -3.10. The Bertz CT molecular complexity index is 440. The maximum atomic E-state index is 11.6. The molecule has 1 aromatic rings. The van der Waals surface area contributed by atoms with E-state index < -0.39 is 9.84 Å². The first-order chi connectivity index (χ1) is 7.99. The maximum absolute atomic E-state index is 11.6. The predicted molar refractivity (Wildman–Crippen MR) is 70.9 cm³/mol. The van der Waals surface area contributed by atoms with Crippen molar-refractivity contribution in [3.05, 3.63) is 24.3 Å². The van der Waals surface area contributed by atoms with Gasteiger partial charge in [0.15, 0.2) is 9.84 Å². The molecule has 0 aliphatic rings. The second kappa shape index (κ2) is 6.02. The lowest BCUT2D eigenvalue weighted by atomic mass is 10.2. The molecular weight excluding hydrogens is 236 g/mol. The Morgan fingerprint density at radius 2 is 1.82 bits per heavy atom. The van der Waals surface area contributed by atoms with Gasteiger partial charge in [0, 0.05) is 18.3 Å². The van der Waals surface area contributed by atoms with Crippen LogP contribution in [0, 0.1) is 0 Å². The lowest BCUT2D eigenvalue weighted by Gasteiger charge is -2.11. The molecule has 0 aliphatic heterocycles. The molecule has 0 saturated carbocycles. The van der Waals surface area contributed by atoms with Crippen LogP contribution in [0.2, 0.25) is 0 Å². The number of hydrogen-bond acceptors (Lipinski definition) is 4. The lowest BCUT2D eigenvalue weighted by Crippen LogP contribution is -2.27. The van der Waals surface area contributed by atoms with Crippen molar-refractivity contribution in [1.82, 2.24) is 0 Å². The van der Waals surface area contributed by atoms with Crippen LogP contribution in [0.4, 0.5) is 5.69 Å². The third kappa shape index (κ3) is 4.02. The molecule has 0 aromatic heterocycles. The molecular formula is C12H20N2O2S. The molecule has 0 fully saturated rings. The lowest BCUT2D eigenvalue weighted by molar-refractivity contribution is 0.597. The summed E-state index contributed by atoms with van der Waals surface area (Å²) >= 11 is 0. The van der Waals surface area contributed by atoms with Gasteiger partial charge in [0.2, 0.25) is 0 Å². The summed E-state index contributed by atoms with van der Waals surface area (Å²) in [6.07, 6.45) is 0.912. The van der Waals surface area contributed by atoms with E-state index in [0.29, 0.717) is 11.4 Å². The minimum absolute atomic E-state index is 0.119. The van der Waals surface area contributed by atoms with Crippen molar-refractivity contribution < 1.29 is 8.42 Å². The Kier molecular flexibility index (Phi) is 4.96. The van der Waals surface area contributed by atoms with E-state index in [0.717, 1.165) is 12.1 Å². The summed E-state index contributed by atoms with van der Waals surface area (Å²) in [5, 5.41) is 3.17. The number of nitrogens with two attached hydrogens (primary N) is 1. The predicted octanol–water partition coefficient (Wildman–Crippen LogP) is 1.63. The van der Waals surface area contributed by atoms with Crippen molar-refractivity contribution >= 4 is 15.5 Å². The SMILES string of the molecule is CCC(N)CNc1ccc(S(=O)(=O)CC)cc1. The molecule has 0 saturated heterocycles. The molecule has 1 rings (SSSR count). The van der Waals surface area contributed by atoms with Gasteiger partial charge in [-0.15, -0.1) is 0 Å². The summed E-state index contributed by atoms with van der Waals surface area (Å²) in [6.45, 7) is 4.36. The molecule has 0 amide bonds. The average molecular weight is 256 g/mol. The highest BCUT2D eigenvalue weighted by Gasteiger charge is 2.10. The molecule has 1 unspecified atom stereocenters. The molecule has 0 radical (unpaired) electrons. The normalized spacial score (nSPS) is 13.4. The van der Waals surface area contributed by atoms with Gasteiger partial charge in [0.05, 0.1) is 10.6 Å². The minimum Gasteiger partial charge on any atom is -0.383 e. The maximum Gasteiger partial charge on any atom is 0.178 e. The molecule has 3 N–H and O–H groups in total. The van der Waals surface area contributed by atoms with E-state index in [9.17, 15) is 8.42 Å². The monoisotopic (exact) mass is 256 g/mol. The summed E-state index contributed by atoms with van der Waals surface area (Å²) in [6, 6.07) is 6.90. The molecule has 0 bridgehead atoms. The number of rotatable bonds is 6. The number of nitrogens with one attached hydrogen (secondary N) is 1. The van der Waals surface area contributed by atoms with Crippen LogP contribution in [0.5, 0.6) is 0 Å². The van der Waals surface area contributed by atoms with Crippen LogP contribution in [-0.4, -0.2) is 26.8 Å². The van der Waals surface area contributed by atoms with E-state index >= 15 is 0 Å². The minimum atomic E-state index is -3.10. The standard InChI is InChI=1S/C12H20N2O2S/c1-3-10(13)9-14-11-5-7-12(8-6-11)17(15,16)4-2/h5-8,10,14H,3-4,9,13H2,1-2H3. The van der Waals surface area contributed by atoms with E-state index in [1.165, 1.54) is 0 Å². The van der Waals surface area contributed by atoms with Crippen molar-refractivity contribution in [3.63, 3.8) is 0 Å². The first-order valence-corrected chi connectivity index (χ1v) is 7.47. The summed E-state index contributed by atoms with van der Waals surface area (Å²) in [5.74, 6) is 0.125. The molecule has 96 valence electrons. The molecule has 5 heteroatoms. The van der Waals surface area contributed by atoms with Crippen LogP contribution in [0.25, 0.3) is 0 Å². The zero-order valence-electron chi connectivity index (χ0n) is 10.3. The fraction of sp³-hybridized carbons (Fsp3) is 0.500. The topological polar surface area (TPSA) is 72.2 Å². The van der Waals surface area contributed by atoms with Crippen LogP contribution < -0.4 is 11.1 Å². The fourth-order valence-electron chi connectivity index (χ4n) is 1.34. The highest BCUT2D eigenvalue weighted by atomic mass is 32.2. The average Bonchev–Trinajstić information content (AvgIpc) is 2.36. The van der Waals surface area contributed by atoms with E-state index in [2.05, 4.69) is 5.32 Å². The Morgan fingerprint density at radius 1 is 1.24 bits per heavy atom. The zero-order chi connectivity index (χ0) is 12.9. The van der Waals surface area contributed by atoms with Gasteiger partial charge in [-0.3, -0.25) is 0 Å². The molecule has 1 aromatic carbocycles. The molecule has 1 atom stereocenters. The third-order valence-corrected chi connectivity index (χ3v) is 4.44. The van der Waals surface area contributed by atoms with Crippen molar-refractivity contribution in [2.24, 2.45) is 5.73 Å². The summed E-state index contributed by atoms with van der Waals surface area (Å²) < 4.78 is 23.2. The van der Waals surface area contributed by atoms with Gasteiger partial charge >= 0.3 is 0 Å². The highest BCUT2D eigenvalue weighted by molar-refractivity contribution is 7.91. The third-order valence-electron chi connectivity index (χ3n) is 2.69. The van der Waals surface area contributed by atoms with Crippen LogP contribution in [0.15, 0.2) is 29.2 Å². The number of sulfone groups is 1. The smallest absolute Gasteiger partial charge is 0.178 e. The van der Waals surface area contributed by atoms with Crippen molar-refractivity contribution in [3.8, 4) is 0 Å². The fourth-order valence-corrected chi connectivity index (χ4v) is 2.22. The molecule has 0 aliphatic carbocycles. The van der Waals surface area contributed by atoms with Crippen LogP contribution >= 0.6 is 0 Å². The summed E-state index contributed by atoms with van der Waals surface area (Å²) in [5.41, 5.74) is 6.68. The van der Waals surface area contributed by atoms with Gasteiger partial charge in [-0.05, 0) is 30.7 Å². The van der Waals surface area contributed by atoms with Crippen LogP contribution in [-0.2, 0) is 9.84 Å². The molecule has 4 nitrogen and oxygen atoms in total. The molecule has 0 spiro atoms. The van der Waals surface area contributed by atoms with Gasteiger partial charge < -0.3 is 11.1 Å². The van der Waals surface area contributed by atoms with E-state index in [1.54, 1.807) is 31.2 Å². The Labute approximate surface area is 103 Å². The van der Waals surface area contributed by atoms with Gasteiger partial charge in [0.1, 0.15) is 0 Å².